The molecule has 2 amide bonds. The molecule has 7 rings (SSSR count). The first-order chi connectivity index (χ1) is 18.5. The van der Waals surface area contributed by atoms with Gasteiger partial charge in [0.25, 0.3) is 0 Å². The minimum atomic E-state index is -0.555. The molecule has 0 spiro atoms. The Balaban J connectivity index is 1.23. The van der Waals surface area contributed by atoms with Crippen LogP contribution in [-0.2, 0) is 20.7 Å². The molecule has 5 heterocycles. The molecule has 1 aromatic heterocycles. The summed E-state index contributed by atoms with van der Waals surface area (Å²) in [5, 5.41) is 1.10. The number of morpholine rings is 1. The van der Waals surface area contributed by atoms with Crippen LogP contribution in [0.4, 0.5) is 0 Å². The zero-order valence-electron chi connectivity index (χ0n) is 21.7. The standard InChI is InChI=1S/C29H32N4O5/c1-17-13-31(14-18(2)38-17)9-10-32-15-26(34)33-23(29(32)35)12-21-20-5-3-4-6-22(20)30-27(21)28(33)19-7-8-24-25(11-19)37-16-36-24/h3-8,11,17-18,23,28,30H,9-10,12-16H2,1-2H3/t17-,18+,23-,28-/m1/s1. The van der Waals surface area contributed by atoms with Crippen molar-refractivity contribution < 1.29 is 23.8 Å². The average Bonchev–Trinajstić information content (AvgIpc) is 3.52. The predicted molar refractivity (Wildman–Crippen MR) is 140 cm³/mol. The molecule has 3 aromatic rings. The molecule has 0 bridgehead atoms. The molecule has 2 saturated heterocycles. The lowest BCUT2D eigenvalue weighted by Gasteiger charge is -2.47. The number of hydrogen-bond donors (Lipinski definition) is 1. The molecule has 9 nitrogen and oxygen atoms in total. The van der Waals surface area contributed by atoms with E-state index in [1.165, 1.54) is 0 Å². The van der Waals surface area contributed by atoms with Gasteiger partial charge in [-0.05, 0) is 43.2 Å². The van der Waals surface area contributed by atoms with Crippen LogP contribution in [0.15, 0.2) is 42.5 Å². The smallest absolute Gasteiger partial charge is 0.246 e. The van der Waals surface area contributed by atoms with Gasteiger partial charge in [0.05, 0.1) is 24.8 Å². The number of rotatable bonds is 4. The molecule has 0 aliphatic carbocycles. The number of aromatic nitrogens is 1. The molecule has 4 aliphatic heterocycles. The second-order valence-corrected chi connectivity index (χ2v) is 10.9. The highest BCUT2D eigenvalue weighted by Gasteiger charge is 2.48. The summed E-state index contributed by atoms with van der Waals surface area (Å²) < 4.78 is 17.0. The van der Waals surface area contributed by atoms with E-state index in [1.807, 2.05) is 36.4 Å². The molecule has 4 aliphatic rings. The fraction of sp³-hybridized carbons (Fsp3) is 0.448. The predicted octanol–water partition coefficient (Wildman–Crippen LogP) is 2.69. The Labute approximate surface area is 221 Å². The summed E-state index contributed by atoms with van der Waals surface area (Å²) in [7, 11) is 0. The largest absolute Gasteiger partial charge is 0.454 e. The van der Waals surface area contributed by atoms with Crippen molar-refractivity contribution in [2.24, 2.45) is 0 Å². The number of benzene rings is 2. The number of carbonyl (C=O) groups excluding carboxylic acids is 2. The summed E-state index contributed by atoms with van der Waals surface area (Å²) >= 11 is 0. The molecule has 38 heavy (non-hydrogen) atoms. The monoisotopic (exact) mass is 516 g/mol. The van der Waals surface area contributed by atoms with Gasteiger partial charge in [-0.25, -0.2) is 0 Å². The third-order valence-electron chi connectivity index (χ3n) is 8.24. The number of hydrogen-bond acceptors (Lipinski definition) is 6. The number of carbonyl (C=O) groups is 2. The highest BCUT2D eigenvalue weighted by atomic mass is 16.7. The maximum atomic E-state index is 14.0. The van der Waals surface area contributed by atoms with Gasteiger partial charge in [-0.2, -0.15) is 0 Å². The second-order valence-electron chi connectivity index (χ2n) is 10.9. The number of nitrogens with zero attached hydrogens (tertiary/aromatic N) is 3. The first-order valence-corrected chi connectivity index (χ1v) is 13.4. The number of ether oxygens (including phenoxy) is 3. The van der Waals surface area contributed by atoms with Gasteiger partial charge in [0.1, 0.15) is 6.04 Å². The van der Waals surface area contributed by atoms with Crippen molar-refractivity contribution in [1.29, 1.82) is 0 Å². The van der Waals surface area contributed by atoms with Gasteiger partial charge < -0.3 is 29.0 Å². The van der Waals surface area contributed by atoms with Crippen molar-refractivity contribution in [3.8, 4) is 11.5 Å². The molecule has 0 saturated carbocycles. The minimum absolute atomic E-state index is 0.0145. The topological polar surface area (TPSA) is 87.3 Å². The highest BCUT2D eigenvalue weighted by molar-refractivity contribution is 5.97. The normalized spacial score (nSPS) is 27.1. The molecular formula is C29H32N4O5. The number of amides is 2. The summed E-state index contributed by atoms with van der Waals surface area (Å²) in [6, 6.07) is 13.0. The van der Waals surface area contributed by atoms with E-state index in [9.17, 15) is 9.59 Å². The van der Waals surface area contributed by atoms with Gasteiger partial charge in [-0.3, -0.25) is 14.5 Å². The van der Waals surface area contributed by atoms with E-state index in [0.29, 0.717) is 24.5 Å². The molecule has 198 valence electrons. The van der Waals surface area contributed by atoms with Crippen molar-refractivity contribution in [3.05, 3.63) is 59.3 Å². The summed E-state index contributed by atoms with van der Waals surface area (Å²) in [4.78, 5) is 37.2. The fourth-order valence-electron chi connectivity index (χ4n) is 6.67. The number of para-hydroxylation sites is 1. The molecule has 4 atom stereocenters. The van der Waals surface area contributed by atoms with Crippen LogP contribution in [-0.4, -0.2) is 89.3 Å². The van der Waals surface area contributed by atoms with E-state index < -0.39 is 12.1 Å². The van der Waals surface area contributed by atoms with Crippen molar-refractivity contribution >= 4 is 22.7 Å². The molecule has 0 radical (unpaired) electrons. The molecule has 0 unspecified atom stereocenters. The third-order valence-corrected chi connectivity index (χ3v) is 8.24. The van der Waals surface area contributed by atoms with E-state index >= 15 is 0 Å². The van der Waals surface area contributed by atoms with Crippen molar-refractivity contribution in [2.45, 2.75) is 44.6 Å². The summed E-state index contributed by atoms with van der Waals surface area (Å²) in [6.45, 7) is 7.35. The Hall–Kier alpha value is -3.56. The van der Waals surface area contributed by atoms with E-state index in [4.69, 9.17) is 14.2 Å². The molecular weight excluding hydrogens is 484 g/mol. The van der Waals surface area contributed by atoms with Gasteiger partial charge in [0, 0.05) is 49.2 Å². The lowest BCUT2D eigenvalue weighted by atomic mass is 9.86. The van der Waals surface area contributed by atoms with E-state index in [1.54, 1.807) is 9.80 Å². The third kappa shape index (κ3) is 3.84. The molecule has 2 fully saturated rings. The van der Waals surface area contributed by atoms with Crippen molar-refractivity contribution in [2.75, 3.05) is 39.5 Å². The number of fused-ring (bicyclic) bond motifs is 5. The number of nitrogens with one attached hydrogen (secondary N) is 1. The zero-order chi connectivity index (χ0) is 26.0. The van der Waals surface area contributed by atoms with Gasteiger partial charge in [-0.15, -0.1) is 0 Å². The Morgan fingerprint density at radius 1 is 0.974 bits per heavy atom. The average molecular weight is 517 g/mol. The Bertz CT molecular complexity index is 1410. The molecule has 2 aromatic carbocycles. The quantitative estimate of drug-likeness (QED) is 0.574. The molecule has 9 heteroatoms. The van der Waals surface area contributed by atoms with Crippen LogP contribution in [0.2, 0.25) is 0 Å². The lowest BCUT2D eigenvalue weighted by Crippen LogP contribution is -2.63. The van der Waals surface area contributed by atoms with Gasteiger partial charge >= 0.3 is 0 Å². The van der Waals surface area contributed by atoms with Crippen LogP contribution in [0.25, 0.3) is 10.9 Å². The lowest BCUT2D eigenvalue weighted by molar-refractivity contribution is -0.159. The summed E-state index contributed by atoms with van der Waals surface area (Å²) in [5.41, 5.74) is 3.98. The Morgan fingerprint density at radius 3 is 2.61 bits per heavy atom. The van der Waals surface area contributed by atoms with Gasteiger partial charge in [0.2, 0.25) is 18.6 Å². The van der Waals surface area contributed by atoms with Crippen LogP contribution in [0.1, 0.15) is 36.7 Å². The summed E-state index contributed by atoms with van der Waals surface area (Å²) in [5.74, 6) is 1.33. The summed E-state index contributed by atoms with van der Waals surface area (Å²) in [6.07, 6.45) is 0.815. The Kier molecular flexibility index (Phi) is 5.59. The highest BCUT2D eigenvalue weighted by Crippen LogP contribution is 2.44. The van der Waals surface area contributed by atoms with Crippen LogP contribution < -0.4 is 9.47 Å². The first kappa shape index (κ1) is 23.5. The number of piperazine rings is 1. The van der Waals surface area contributed by atoms with E-state index in [-0.39, 0.29) is 37.4 Å². The van der Waals surface area contributed by atoms with Crippen molar-refractivity contribution in [1.82, 2.24) is 19.7 Å². The number of aromatic amines is 1. The van der Waals surface area contributed by atoms with Gasteiger partial charge in [0.15, 0.2) is 11.5 Å². The van der Waals surface area contributed by atoms with Crippen LogP contribution in [0.3, 0.4) is 0 Å². The molecule has 1 N–H and O–H groups in total. The van der Waals surface area contributed by atoms with E-state index in [0.717, 1.165) is 47.4 Å². The maximum Gasteiger partial charge on any atom is 0.246 e. The number of H-pyrrole nitrogens is 1. The van der Waals surface area contributed by atoms with E-state index in [2.05, 4.69) is 29.8 Å². The SMILES string of the molecule is C[C@@H]1CN(CCN2CC(=O)N3[C@H](c4ccc5c(c4)OCO5)c4[nH]c5ccccc5c4C[C@@H]3C2=O)C[C@H](C)O1. The zero-order valence-corrected chi connectivity index (χ0v) is 21.7. The second kappa shape index (κ2) is 9.03. The fourth-order valence-corrected chi connectivity index (χ4v) is 6.67. The first-order valence-electron chi connectivity index (χ1n) is 13.4. The minimum Gasteiger partial charge on any atom is -0.454 e. The van der Waals surface area contributed by atoms with Gasteiger partial charge in [-0.1, -0.05) is 24.3 Å². The Morgan fingerprint density at radius 2 is 1.76 bits per heavy atom. The maximum absolute atomic E-state index is 14.0. The van der Waals surface area contributed by atoms with Crippen LogP contribution >= 0.6 is 0 Å². The van der Waals surface area contributed by atoms with Crippen LogP contribution in [0.5, 0.6) is 11.5 Å². The van der Waals surface area contributed by atoms with Crippen LogP contribution in [0, 0.1) is 0 Å². The van der Waals surface area contributed by atoms with Crippen molar-refractivity contribution in [3.63, 3.8) is 0 Å².